The molecule has 0 aliphatic carbocycles. The first kappa shape index (κ1) is 15.8. The van der Waals surface area contributed by atoms with Gasteiger partial charge in [0, 0.05) is 6.42 Å². The maximum Gasteiger partial charge on any atom is 0.326 e. The summed E-state index contributed by atoms with van der Waals surface area (Å²) in [5.41, 5.74) is 5.33. The zero-order valence-electron chi connectivity index (χ0n) is 9.33. The van der Waals surface area contributed by atoms with Crippen LogP contribution in [-0.4, -0.2) is 51.2 Å². The van der Waals surface area contributed by atoms with Crippen molar-refractivity contribution < 1.29 is 34.5 Å². The molecule has 0 unspecified atom stereocenters. The van der Waals surface area contributed by atoms with E-state index in [0.717, 1.165) is 0 Å². The Kier molecular flexibility index (Phi) is 6.35. The molecule has 9 heteroatoms. The van der Waals surface area contributed by atoms with Crippen molar-refractivity contribution in [2.75, 3.05) is 0 Å². The topological polar surface area (TPSA) is 167 Å². The summed E-state index contributed by atoms with van der Waals surface area (Å²) < 4.78 is 0. The molecule has 0 rings (SSSR count). The highest BCUT2D eigenvalue weighted by Gasteiger charge is 2.25. The summed E-state index contributed by atoms with van der Waals surface area (Å²) in [5, 5.41) is 27.4. The predicted molar refractivity (Wildman–Crippen MR) is 56.7 cm³/mol. The van der Waals surface area contributed by atoms with Crippen molar-refractivity contribution in [2.24, 2.45) is 5.73 Å². The van der Waals surface area contributed by atoms with E-state index < -0.39 is 42.3 Å². The average Bonchev–Trinajstić information content (AvgIpc) is 2.23. The lowest BCUT2D eigenvalue weighted by Gasteiger charge is -2.15. The first-order valence-electron chi connectivity index (χ1n) is 4.96. The smallest absolute Gasteiger partial charge is 0.326 e. The molecule has 0 bridgehead atoms. The number of carboxylic acids is 3. The van der Waals surface area contributed by atoms with Crippen LogP contribution in [0.15, 0.2) is 0 Å². The van der Waals surface area contributed by atoms with E-state index in [4.69, 9.17) is 21.1 Å². The molecule has 0 aromatic heterocycles. The molecule has 0 aromatic carbocycles. The molecule has 6 N–H and O–H groups in total. The Morgan fingerprint density at radius 2 is 1.61 bits per heavy atom. The minimum absolute atomic E-state index is 0.166. The van der Waals surface area contributed by atoms with E-state index in [0.29, 0.717) is 0 Å². The Morgan fingerprint density at radius 1 is 1.06 bits per heavy atom. The fraction of sp³-hybridized carbons (Fsp3) is 0.556. The van der Waals surface area contributed by atoms with E-state index in [-0.39, 0.29) is 12.8 Å². The normalized spacial score (nSPS) is 13.4. The van der Waals surface area contributed by atoms with Crippen LogP contribution in [0.4, 0.5) is 0 Å². The number of nitrogens with one attached hydrogen (secondary N) is 1. The highest BCUT2D eigenvalue weighted by atomic mass is 16.4. The monoisotopic (exact) mass is 262 g/mol. The SMILES string of the molecule is N[C@H](CCC(=O)O)C(=O)N[C@@H](CC(=O)O)C(=O)O. The Balaban J connectivity index is 4.36. The molecule has 0 aromatic rings. The summed E-state index contributed by atoms with van der Waals surface area (Å²) in [6, 6.07) is -2.79. The standard InChI is InChI=1S/C9H14N2O7/c10-4(1-2-6(12)13)8(16)11-5(9(17)18)3-7(14)15/h4-5H,1-3,10H2,(H,11,16)(H,12,13)(H,14,15)(H,17,18)/t4-,5+/m1/s1. The van der Waals surface area contributed by atoms with E-state index in [1.54, 1.807) is 0 Å². The number of carbonyl (C=O) groups is 4. The number of carboxylic acid groups (broad SMARTS) is 3. The van der Waals surface area contributed by atoms with Gasteiger partial charge in [-0.15, -0.1) is 0 Å². The molecule has 1 amide bonds. The van der Waals surface area contributed by atoms with Gasteiger partial charge in [-0.25, -0.2) is 4.79 Å². The summed E-state index contributed by atoms with van der Waals surface area (Å²) >= 11 is 0. The molecule has 2 atom stereocenters. The van der Waals surface area contributed by atoms with Gasteiger partial charge in [0.2, 0.25) is 5.91 Å². The second kappa shape index (κ2) is 7.22. The van der Waals surface area contributed by atoms with E-state index in [2.05, 4.69) is 0 Å². The van der Waals surface area contributed by atoms with Crippen LogP contribution in [0.2, 0.25) is 0 Å². The van der Waals surface area contributed by atoms with Gasteiger partial charge in [0.1, 0.15) is 6.04 Å². The largest absolute Gasteiger partial charge is 0.481 e. The van der Waals surface area contributed by atoms with Crippen molar-refractivity contribution in [1.82, 2.24) is 5.32 Å². The van der Waals surface area contributed by atoms with Gasteiger partial charge >= 0.3 is 17.9 Å². The molecular weight excluding hydrogens is 248 g/mol. The number of aliphatic carboxylic acids is 3. The Hall–Kier alpha value is -2.16. The molecule has 0 saturated heterocycles. The quantitative estimate of drug-likeness (QED) is 0.342. The maximum absolute atomic E-state index is 11.4. The molecule has 0 spiro atoms. The number of amides is 1. The summed E-state index contributed by atoms with van der Waals surface area (Å²) in [6.07, 6.45) is -1.29. The van der Waals surface area contributed by atoms with Crippen molar-refractivity contribution in [2.45, 2.75) is 31.3 Å². The van der Waals surface area contributed by atoms with Crippen LogP contribution in [-0.2, 0) is 19.2 Å². The van der Waals surface area contributed by atoms with Gasteiger partial charge in [-0.2, -0.15) is 0 Å². The van der Waals surface area contributed by atoms with Gasteiger partial charge in [0.15, 0.2) is 0 Å². The van der Waals surface area contributed by atoms with Crippen molar-refractivity contribution in [3.8, 4) is 0 Å². The number of nitrogens with two attached hydrogens (primary N) is 1. The molecule has 0 aliphatic rings. The van der Waals surface area contributed by atoms with E-state index in [1.165, 1.54) is 0 Å². The third-order valence-electron chi connectivity index (χ3n) is 2.00. The van der Waals surface area contributed by atoms with Gasteiger partial charge in [0.25, 0.3) is 0 Å². The lowest BCUT2D eigenvalue weighted by atomic mass is 10.1. The molecule has 0 aliphatic heterocycles. The van der Waals surface area contributed by atoms with E-state index in [9.17, 15) is 19.2 Å². The molecule has 102 valence electrons. The molecule has 0 heterocycles. The van der Waals surface area contributed by atoms with Crippen molar-refractivity contribution in [1.29, 1.82) is 0 Å². The minimum Gasteiger partial charge on any atom is -0.481 e. The molecule has 0 saturated carbocycles. The number of rotatable bonds is 8. The van der Waals surface area contributed by atoms with E-state index in [1.807, 2.05) is 5.32 Å². The van der Waals surface area contributed by atoms with Crippen LogP contribution < -0.4 is 11.1 Å². The molecule has 9 nitrogen and oxygen atoms in total. The zero-order chi connectivity index (χ0) is 14.3. The summed E-state index contributed by atoms with van der Waals surface area (Å²) in [7, 11) is 0. The molecule has 0 radical (unpaired) electrons. The Bertz CT molecular complexity index is 355. The first-order chi connectivity index (χ1) is 8.23. The van der Waals surface area contributed by atoms with Gasteiger partial charge in [0.05, 0.1) is 12.5 Å². The Morgan fingerprint density at radius 3 is 2.00 bits per heavy atom. The summed E-state index contributed by atoms with van der Waals surface area (Å²) in [6.45, 7) is 0. The van der Waals surface area contributed by atoms with Gasteiger partial charge in [-0.05, 0) is 6.42 Å². The van der Waals surface area contributed by atoms with Crippen LogP contribution in [0.3, 0.4) is 0 Å². The molecule has 18 heavy (non-hydrogen) atoms. The third kappa shape index (κ3) is 6.43. The lowest BCUT2D eigenvalue weighted by molar-refractivity contribution is -0.147. The zero-order valence-corrected chi connectivity index (χ0v) is 9.33. The van der Waals surface area contributed by atoms with Gasteiger partial charge < -0.3 is 26.4 Å². The van der Waals surface area contributed by atoms with Crippen LogP contribution in [0.5, 0.6) is 0 Å². The maximum atomic E-state index is 11.4. The lowest BCUT2D eigenvalue weighted by Crippen LogP contribution is -2.49. The number of hydrogen-bond donors (Lipinski definition) is 5. The van der Waals surface area contributed by atoms with Crippen molar-refractivity contribution in [3.05, 3.63) is 0 Å². The predicted octanol–water partition coefficient (Wildman–Crippen LogP) is -1.78. The van der Waals surface area contributed by atoms with Gasteiger partial charge in [-0.3, -0.25) is 14.4 Å². The van der Waals surface area contributed by atoms with E-state index >= 15 is 0 Å². The van der Waals surface area contributed by atoms with Gasteiger partial charge in [-0.1, -0.05) is 0 Å². The Labute approximate surface area is 102 Å². The summed E-state index contributed by atoms with van der Waals surface area (Å²) in [5.74, 6) is -4.93. The second-order valence-corrected chi connectivity index (χ2v) is 3.54. The van der Waals surface area contributed by atoms with Crippen LogP contribution in [0, 0.1) is 0 Å². The van der Waals surface area contributed by atoms with Crippen LogP contribution in [0.1, 0.15) is 19.3 Å². The highest BCUT2D eigenvalue weighted by Crippen LogP contribution is 1.98. The number of hydrogen-bond acceptors (Lipinski definition) is 5. The van der Waals surface area contributed by atoms with Crippen molar-refractivity contribution in [3.63, 3.8) is 0 Å². The third-order valence-corrected chi connectivity index (χ3v) is 2.00. The van der Waals surface area contributed by atoms with Crippen LogP contribution in [0.25, 0.3) is 0 Å². The molecule has 0 fully saturated rings. The summed E-state index contributed by atoms with van der Waals surface area (Å²) in [4.78, 5) is 42.6. The van der Waals surface area contributed by atoms with Crippen LogP contribution >= 0.6 is 0 Å². The van der Waals surface area contributed by atoms with Crippen molar-refractivity contribution >= 4 is 23.8 Å². The average molecular weight is 262 g/mol. The number of carbonyl (C=O) groups excluding carboxylic acids is 1. The minimum atomic E-state index is -1.59. The molecular formula is C9H14N2O7. The second-order valence-electron chi connectivity index (χ2n) is 3.54. The fourth-order valence-electron chi connectivity index (χ4n) is 1.06. The first-order valence-corrected chi connectivity index (χ1v) is 4.96. The highest BCUT2D eigenvalue weighted by molar-refractivity contribution is 5.89. The fourth-order valence-corrected chi connectivity index (χ4v) is 1.06.